The van der Waals surface area contributed by atoms with E-state index < -0.39 is 0 Å². The first-order valence-electron chi connectivity index (χ1n) is 6.62. The zero-order valence-electron chi connectivity index (χ0n) is 10.6. The van der Waals surface area contributed by atoms with Crippen molar-refractivity contribution in [2.24, 2.45) is 17.6 Å². The fourth-order valence-electron chi connectivity index (χ4n) is 2.71. The smallest absolute Gasteiger partial charge is 0.273 e. The maximum Gasteiger partial charge on any atom is 0.273 e. The molecule has 2 aliphatic rings. The minimum atomic E-state index is 0.0646. The van der Waals surface area contributed by atoms with Crippen molar-refractivity contribution in [2.45, 2.75) is 38.3 Å². The number of thiazole rings is 1. The molecule has 18 heavy (non-hydrogen) atoms. The second-order valence-corrected chi connectivity index (χ2v) is 6.35. The molecule has 0 radical (unpaired) electrons. The van der Waals surface area contributed by atoms with E-state index in [1.807, 2.05) is 17.3 Å². The summed E-state index contributed by atoms with van der Waals surface area (Å²) in [6.45, 7) is 0.413. The summed E-state index contributed by atoms with van der Waals surface area (Å²) in [5.41, 5.74) is 6.10. The van der Waals surface area contributed by atoms with Gasteiger partial charge in [0, 0.05) is 25.0 Å². The Morgan fingerprint density at radius 2 is 2.11 bits per heavy atom. The molecule has 0 spiro atoms. The normalized spacial score (nSPS) is 19.3. The number of aromatic nitrogens is 1. The van der Waals surface area contributed by atoms with E-state index in [1.165, 1.54) is 37.0 Å². The summed E-state index contributed by atoms with van der Waals surface area (Å²) < 4.78 is 0. The van der Waals surface area contributed by atoms with Crippen LogP contribution in [-0.2, 0) is 6.54 Å². The molecule has 0 unspecified atom stereocenters. The zero-order chi connectivity index (χ0) is 12.7. The average molecular weight is 265 g/mol. The van der Waals surface area contributed by atoms with Crippen molar-refractivity contribution in [1.82, 2.24) is 9.88 Å². The molecule has 3 rings (SSSR count). The molecule has 0 aromatic carbocycles. The predicted octanol–water partition coefficient (Wildman–Crippen LogP) is 1.86. The molecule has 0 saturated heterocycles. The molecule has 0 aliphatic heterocycles. The molecule has 0 bridgehead atoms. The van der Waals surface area contributed by atoms with Gasteiger partial charge in [-0.05, 0) is 37.5 Å². The van der Waals surface area contributed by atoms with E-state index in [-0.39, 0.29) is 5.91 Å². The molecule has 2 aliphatic carbocycles. The van der Waals surface area contributed by atoms with Gasteiger partial charge in [0.1, 0.15) is 10.7 Å². The van der Waals surface area contributed by atoms with Crippen molar-refractivity contribution in [3.05, 3.63) is 16.1 Å². The molecule has 2 N–H and O–H groups in total. The highest BCUT2D eigenvalue weighted by Gasteiger charge is 2.45. The summed E-state index contributed by atoms with van der Waals surface area (Å²) in [5.74, 6) is 1.54. The Morgan fingerprint density at radius 3 is 2.56 bits per heavy atom. The molecule has 2 fully saturated rings. The van der Waals surface area contributed by atoms with Gasteiger partial charge >= 0.3 is 0 Å². The lowest BCUT2D eigenvalue weighted by atomic mass is 10.1. The molecule has 2 saturated carbocycles. The third-order valence-electron chi connectivity index (χ3n) is 3.92. The van der Waals surface area contributed by atoms with Gasteiger partial charge in [0.2, 0.25) is 0 Å². The Hall–Kier alpha value is -0.940. The van der Waals surface area contributed by atoms with E-state index in [0.29, 0.717) is 18.3 Å². The summed E-state index contributed by atoms with van der Waals surface area (Å²) in [4.78, 5) is 18.6. The van der Waals surface area contributed by atoms with E-state index in [9.17, 15) is 4.79 Å². The van der Waals surface area contributed by atoms with Crippen LogP contribution in [0.1, 0.15) is 41.2 Å². The van der Waals surface area contributed by atoms with E-state index in [4.69, 9.17) is 5.73 Å². The minimum absolute atomic E-state index is 0.0646. The van der Waals surface area contributed by atoms with E-state index in [1.54, 1.807) is 0 Å². The minimum Gasteiger partial charge on any atom is -0.337 e. The molecule has 0 atom stereocenters. The molecule has 98 valence electrons. The standard InChI is InChI=1S/C13H19N3OS/c1-16(12(8-2-3-8)9-4-5-9)13(17)10-7-18-11(6-14)15-10/h7-9,12H,2-6,14H2,1H3. The second kappa shape index (κ2) is 4.63. The molecule has 1 amide bonds. The van der Waals surface area contributed by atoms with Crippen molar-refractivity contribution in [1.29, 1.82) is 0 Å². The third-order valence-corrected chi connectivity index (χ3v) is 4.79. The maximum atomic E-state index is 12.4. The van der Waals surface area contributed by atoms with Crippen LogP contribution in [0.25, 0.3) is 0 Å². The van der Waals surface area contributed by atoms with E-state index >= 15 is 0 Å². The summed E-state index contributed by atoms with van der Waals surface area (Å²) in [5, 5.41) is 2.67. The lowest BCUT2D eigenvalue weighted by Crippen LogP contribution is -2.40. The van der Waals surface area contributed by atoms with Crippen molar-refractivity contribution in [2.75, 3.05) is 7.05 Å². The van der Waals surface area contributed by atoms with Gasteiger partial charge in [0.25, 0.3) is 5.91 Å². The first-order chi connectivity index (χ1) is 8.70. The number of carbonyl (C=O) groups excluding carboxylic acids is 1. The zero-order valence-corrected chi connectivity index (χ0v) is 11.4. The van der Waals surface area contributed by atoms with E-state index in [2.05, 4.69) is 4.98 Å². The number of nitrogens with two attached hydrogens (primary N) is 1. The molecule has 1 heterocycles. The van der Waals surface area contributed by atoms with Crippen LogP contribution in [0, 0.1) is 11.8 Å². The van der Waals surface area contributed by atoms with Crippen molar-refractivity contribution in [3.8, 4) is 0 Å². The van der Waals surface area contributed by atoms with Crippen LogP contribution in [0.2, 0.25) is 0 Å². The van der Waals surface area contributed by atoms with Crippen LogP contribution in [0.4, 0.5) is 0 Å². The quantitative estimate of drug-likeness (QED) is 0.884. The highest BCUT2D eigenvalue weighted by molar-refractivity contribution is 7.09. The van der Waals surface area contributed by atoms with Crippen LogP contribution in [0.5, 0.6) is 0 Å². The van der Waals surface area contributed by atoms with Crippen molar-refractivity contribution in [3.63, 3.8) is 0 Å². The first kappa shape index (κ1) is 12.1. The van der Waals surface area contributed by atoms with Crippen LogP contribution in [0.3, 0.4) is 0 Å². The Labute approximate surface area is 111 Å². The van der Waals surface area contributed by atoms with Gasteiger partial charge in [0.05, 0.1) is 0 Å². The monoisotopic (exact) mass is 265 g/mol. The maximum absolute atomic E-state index is 12.4. The number of rotatable bonds is 5. The van der Waals surface area contributed by atoms with E-state index in [0.717, 1.165) is 16.8 Å². The van der Waals surface area contributed by atoms with Crippen molar-refractivity contribution < 1.29 is 4.79 Å². The fraction of sp³-hybridized carbons (Fsp3) is 0.692. The average Bonchev–Trinajstić information content (AvgIpc) is 3.30. The highest BCUT2D eigenvalue weighted by Crippen LogP contribution is 2.47. The van der Waals surface area contributed by atoms with Gasteiger partial charge in [-0.3, -0.25) is 4.79 Å². The van der Waals surface area contributed by atoms with Crippen LogP contribution in [-0.4, -0.2) is 28.9 Å². The predicted molar refractivity (Wildman–Crippen MR) is 71.3 cm³/mol. The topological polar surface area (TPSA) is 59.2 Å². The van der Waals surface area contributed by atoms with Gasteiger partial charge < -0.3 is 10.6 Å². The van der Waals surface area contributed by atoms with Crippen LogP contribution in [0.15, 0.2) is 5.38 Å². The van der Waals surface area contributed by atoms with Gasteiger partial charge in [-0.2, -0.15) is 0 Å². The fourth-order valence-corrected chi connectivity index (χ4v) is 3.36. The number of carbonyl (C=O) groups is 1. The van der Waals surface area contributed by atoms with Gasteiger partial charge in [0.15, 0.2) is 0 Å². The summed E-state index contributed by atoms with van der Waals surface area (Å²) >= 11 is 1.47. The molecule has 1 aromatic rings. The number of hydrogen-bond acceptors (Lipinski definition) is 4. The molecular weight excluding hydrogens is 246 g/mol. The Morgan fingerprint density at radius 1 is 1.50 bits per heavy atom. The van der Waals surface area contributed by atoms with Gasteiger partial charge in [-0.25, -0.2) is 4.98 Å². The molecule has 5 heteroatoms. The number of amides is 1. The number of hydrogen-bond donors (Lipinski definition) is 1. The summed E-state index contributed by atoms with van der Waals surface area (Å²) in [6, 6.07) is 0.445. The number of nitrogens with zero attached hydrogens (tertiary/aromatic N) is 2. The van der Waals surface area contributed by atoms with Crippen LogP contribution >= 0.6 is 11.3 Å². The Bertz CT molecular complexity index is 439. The third kappa shape index (κ3) is 2.29. The van der Waals surface area contributed by atoms with Gasteiger partial charge in [-0.1, -0.05) is 0 Å². The lowest BCUT2D eigenvalue weighted by molar-refractivity contribution is 0.0684. The lowest BCUT2D eigenvalue weighted by Gasteiger charge is -2.27. The Kier molecular flexibility index (Phi) is 3.11. The van der Waals surface area contributed by atoms with Gasteiger partial charge in [-0.15, -0.1) is 11.3 Å². The molecule has 1 aromatic heterocycles. The highest BCUT2D eigenvalue weighted by atomic mass is 32.1. The Balaban J connectivity index is 1.73. The van der Waals surface area contributed by atoms with Crippen LogP contribution < -0.4 is 5.73 Å². The SMILES string of the molecule is CN(C(=O)c1csc(CN)n1)C(C1CC1)C1CC1. The van der Waals surface area contributed by atoms with Crippen molar-refractivity contribution >= 4 is 17.2 Å². The molecular formula is C13H19N3OS. The molecule has 4 nitrogen and oxygen atoms in total. The summed E-state index contributed by atoms with van der Waals surface area (Å²) in [7, 11) is 1.94. The largest absolute Gasteiger partial charge is 0.337 e. The summed E-state index contributed by atoms with van der Waals surface area (Å²) in [6.07, 6.45) is 5.13. The first-order valence-corrected chi connectivity index (χ1v) is 7.50. The second-order valence-electron chi connectivity index (χ2n) is 5.41.